The summed E-state index contributed by atoms with van der Waals surface area (Å²) in [6.07, 6.45) is 7.10. The van der Waals surface area contributed by atoms with E-state index in [0.717, 1.165) is 17.2 Å². The van der Waals surface area contributed by atoms with Gasteiger partial charge in [-0.15, -0.1) is 0 Å². The molecular formula is C13H27NS. The molecule has 0 aromatic rings. The molecule has 0 bridgehead atoms. The smallest absolute Gasteiger partial charge is 0.0186 e. The molecule has 0 radical (unpaired) electrons. The monoisotopic (exact) mass is 229 g/mol. The lowest BCUT2D eigenvalue weighted by molar-refractivity contribution is 0.387. The van der Waals surface area contributed by atoms with Crippen molar-refractivity contribution in [1.29, 1.82) is 0 Å². The van der Waals surface area contributed by atoms with Gasteiger partial charge in [-0.05, 0) is 37.0 Å². The van der Waals surface area contributed by atoms with Crippen LogP contribution in [0.2, 0.25) is 0 Å². The van der Waals surface area contributed by atoms with Crippen molar-refractivity contribution >= 4 is 11.8 Å². The van der Waals surface area contributed by atoms with Crippen LogP contribution >= 0.6 is 11.8 Å². The summed E-state index contributed by atoms with van der Waals surface area (Å²) >= 11 is 2.11. The molecule has 90 valence electrons. The summed E-state index contributed by atoms with van der Waals surface area (Å²) in [5.41, 5.74) is 0. The fraction of sp³-hybridized carbons (Fsp3) is 1.00. The molecule has 1 saturated carbocycles. The van der Waals surface area contributed by atoms with Crippen LogP contribution in [-0.4, -0.2) is 23.6 Å². The van der Waals surface area contributed by atoms with Gasteiger partial charge in [0.2, 0.25) is 0 Å². The summed E-state index contributed by atoms with van der Waals surface area (Å²) in [7, 11) is 0. The zero-order valence-corrected chi connectivity index (χ0v) is 11.4. The molecule has 1 rings (SSSR count). The Labute approximate surface area is 99.8 Å². The molecule has 0 amide bonds. The highest BCUT2D eigenvalue weighted by Gasteiger charge is 2.24. The quantitative estimate of drug-likeness (QED) is 0.714. The van der Waals surface area contributed by atoms with Crippen molar-refractivity contribution in [3.05, 3.63) is 0 Å². The van der Waals surface area contributed by atoms with Crippen LogP contribution in [0.5, 0.6) is 0 Å². The maximum Gasteiger partial charge on any atom is 0.0186 e. The summed E-state index contributed by atoms with van der Waals surface area (Å²) < 4.78 is 0. The first kappa shape index (κ1) is 13.4. The maximum absolute atomic E-state index is 3.75. The zero-order valence-electron chi connectivity index (χ0n) is 10.6. The second kappa shape index (κ2) is 7.56. The molecule has 1 aliphatic carbocycles. The van der Waals surface area contributed by atoms with Gasteiger partial charge in [0.25, 0.3) is 0 Å². The summed E-state index contributed by atoms with van der Waals surface area (Å²) in [4.78, 5) is 0. The van der Waals surface area contributed by atoms with Crippen LogP contribution in [0.15, 0.2) is 0 Å². The van der Waals surface area contributed by atoms with Gasteiger partial charge in [0.05, 0.1) is 0 Å². The number of thioether (sulfide) groups is 1. The van der Waals surface area contributed by atoms with E-state index in [1.54, 1.807) is 0 Å². The Hall–Kier alpha value is 0.310. The van der Waals surface area contributed by atoms with Crippen LogP contribution in [0.25, 0.3) is 0 Å². The van der Waals surface area contributed by atoms with Crippen LogP contribution in [0.3, 0.4) is 0 Å². The molecule has 0 heterocycles. The van der Waals surface area contributed by atoms with Crippen molar-refractivity contribution in [3.63, 3.8) is 0 Å². The van der Waals surface area contributed by atoms with Gasteiger partial charge in [-0.1, -0.05) is 33.6 Å². The van der Waals surface area contributed by atoms with Crippen molar-refractivity contribution in [2.45, 2.75) is 64.2 Å². The highest BCUT2D eigenvalue weighted by atomic mass is 32.2. The average Bonchev–Trinajstić information content (AvgIpc) is 2.71. The average molecular weight is 229 g/mol. The van der Waals surface area contributed by atoms with Crippen molar-refractivity contribution in [2.75, 3.05) is 12.3 Å². The third kappa shape index (κ3) is 5.26. The molecule has 1 N–H and O–H groups in total. The number of hydrogen-bond donors (Lipinski definition) is 1. The molecule has 1 aliphatic rings. The number of rotatable bonds is 7. The van der Waals surface area contributed by atoms with Crippen LogP contribution in [0.4, 0.5) is 0 Å². The minimum atomic E-state index is 0.775. The Kier molecular flexibility index (Phi) is 6.74. The lowest BCUT2D eigenvalue weighted by Crippen LogP contribution is -2.38. The van der Waals surface area contributed by atoms with Gasteiger partial charge in [-0.3, -0.25) is 0 Å². The van der Waals surface area contributed by atoms with E-state index in [0.29, 0.717) is 0 Å². The largest absolute Gasteiger partial charge is 0.313 e. The second-order valence-corrected chi connectivity index (χ2v) is 6.60. The van der Waals surface area contributed by atoms with E-state index >= 15 is 0 Å². The topological polar surface area (TPSA) is 12.0 Å². The van der Waals surface area contributed by atoms with Crippen LogP contribution in [0, 0.1) is 5.92 Å². The molecule has 1 nitrogen and oxygen atoms in total. The van der Waals surface area contributed by atoms with Gasteiger partial charge in [-0.2, -0.15) is 11.8 Å². The molecule has 15 heavy (non-hydrogen) atoms. The van der Waals surface area contributed by atoms with E-state index in [9.17, 15) is 0 Å². The Morgan fingerprint density at radius 3 is 2.47 bits per heavy atom. The zero-order chi connectivity index (χ0) is 11.1. The van der Waals surface area contributed by atoms with E-state index in [1.165, 1.54) is 44.4 Å². The van der Waals surface area contributed by atoms with E-state index in [1.807, 2.05) is 0 Å². The van der Waals surface area contributed by atoms with Crippen LogP contribution in [0.1, 0.15) is 52.9 Å². The predicted molar refractivity (Wildman–Crippen MR) is 71.6 cm³/mol. The fourth-order valence-electron chi connectivity index (χ4n) is 2.35. The first-order valence-corrected chi connectivity index (χ1v) is 7.64. The van der Waals surface area contributed by atoms with Crippen molar-refractivity contribution in [1.82, 2.24) is 5.32 Å². The molecule has 2 heteroatoms. The summed E-state index contributed by atoms with van der Waals surface area (Å²) in [6.45, 7) is 8.06. The fourth-order valence-corrected chi connectivity index (χ4v) is 3.33. The Morgan fingerprint density at radius 1 is 1.27 bits per heavy atom. The summed E-state index contributed by atoms with van der Waals surface area (Å²) in [5, 5.41) is 4.52. The van der Waals surface area contributed by atoms with E-state index in [4.69, 9.17) is 0 Å². The molecular weight excluding hydrogens is 202 g/mol. The Bertz CT molecular complexity index is 153. The van der Waals surface area contributed by atoms with Crippen molar-refractivity contribution < 1.29 is 0 Å². The molecule has 0 aliphatic heterocycles. The molecule has 0 aromatic heterocycles. The summed E-state index contributed by atoms with van der Waals surface area (Å²) in [5.74, 6) is 2.27. The van der Waals surface area contributed by atoms with Gasteiger partial charge in [0.1, 0.15) is 0 Å². The highest BCUT2D eigenvalue weighted by molar-refractivity contribution is 7.99. The number of hydrogen-bond acceptors (Lipinski definition) is 2. The van der Waals surface area contributed by atoms with Crippen LogP contribution < -0.4 is 5.32 Å². The van der Waals surface area contributed by atoms with Gasteiger partial charge in [-0.25, -0.2) is 0 Å². The highest BCUT2D eigenvalue weighted by Crippen LogP contribution is 2.29. The normalized spacial score (nSPS) is 20.0. The standard InChI is InChI=1S/C13H27NS/c1-4-9-14-13(10-15-11(2)3)12-7-5-6-8-12/h11-14H,4-10H2,1-3H3. The van der Waals surface area contributed by atoms with E-state index in [-0.39, 0.29) is 0 Å². The third-order valence-electron chi connectivity index (χ3n) is 3.23. The van der Waals surface area contributed by atoms with E-state index in [2.05, 4.69) is 37.8 Å². The molecule has 0 saturated heterocycles. The lowest BCUT2D eigenvalue weighted by atomic mass is 10.00. The maximum atomic E-state index is 3.75. The molecule has 1 fully saturated rings. The minimum absolute atomic E-state index is 0.775. The minimum Gasteiger partial charge on any atom is -0.313 e. The van der Waals surface area contributed by atoms with Gasteiger partial charge in [0, 0.05) is 11.8 Å². The van der Waals surface area contributed by atoms with Crippen molar-refractivity contribution in [2.24, 2.45) is 5.92 Å². The summed E-state index contributed by atoms with van der Waals surface area (Å²) in [6, 6.07) is 0.778. The van der Waals surface area contributed by atoms with Gasteiger partial charge >= 0.3 is 0 Å². The van der Waals surface area contributed by atoms with Gasteiger partial charge < -0.3 is 5.32 Å². The molecule has 0 spiro atoms. The molecule has 1 atom stereocenters. The van der Waals surface area contributed by atoms with Crippen LogP contribution in [-0.2, 0) is 0 Å². The SMILES string of the molecule is CCCNC(CSC(C)C)C1CCCC1. The van der Waals surface area contributed by atoms with Crippen molar-refractivity contribution in [3.8, 4) is 0 Å². The molecule has 0 aromatic carbocycles. The lowest BCUT2D eigenvalue weighted by Gasteiger charge is -2.25. The number of nitrogens with one attached hydrogen (secondary N) is 1. The first-order chi connectivity index (χ1) is 7.24. The second-order valence-electron chi connectivity index (χ2n) is 4.99. The Balaban J connectivity index is 2.30. The first-order valence-electron chi connectivity index (χ1n) is 6.59. The van der Waals surface area contributed by atoms with E-state index < -0.39 is 0 Å². The van der Waals surface area contributed by atoms with Gasteiger partial charge in [0.15, 0.2) is 0 Å². The molecule has 1 unspecified atom stereocenters. The third-order valence-corrected chi connectivity index (χ3v) is 4.45. The Morgan fingerprint density at radius 2 is 1.93 bits per heavy atom. The predicted octanol–water partition coefficient (Wildman–Crippen LogP) is 3.69.